The Kier molecular flexibility index (Phi) is 4.10. The fourth-order valence-corrected chi connectivity index (χ4v) is 3.34. The summed E-state index contributed by atoms with van der Waals surface area (Å²) in [6, 6.07) is 10.2. The van der Waals surface area contributed by atoms with Crippen molar-refractivity contribution in [2.24, 2.45) is 11.8 Å². The second-order valence-corrected chi connectivity index (χ2v) is 7.84. The number of rotatable bonds is 6. The Bertz CT molecular complexity index is 763. The molecule has 5 heteroatoms. The van der Waals surface area contributed by atoms with Crippen LogP contribution in [0.25, 0.3) is 5.69 Å². The standard InChI is InChI=1S/C20H26N4O/c1-13(2)23(12-16-11-14(16)3)20(25)18-21-19(15-9-10-15)24(22-18)17-7-5-4-6-8-17/h4-8,13-16H,9-12H2,1-3H3/t14-,16-/m1/s1. The highest BCUT2D eigenvalue weighted by Crippen LogP contribution is 2.40. The van der Waals surface area contributed by atoms with Gasteiger partial charge in [0.1, 0.15) is 5.82 Å². The lowest BCUT2D eigenvalue weighted by atomic mass is 10.2. The van der Waals surface area contributed by atoms with Crippen LogP contribution in [0.5, 0.6) is 0 Å². The first-order valence-electron chi connectivity index (χ1n) is 9.38. The Balaban J connectivity index is 1.64. The van der Waals surface area contributed by atoms with Gasteiger partial charge in [0.05, 0.1) is 5.69 Å². The van der Waals surface area contributed by atoms with Crippen molar-refractivity contribution >= 4 is 5.91 Å². The van der Waals surface area contributed by atoms with E-state index in [9.17, 15) is 4.79 Å². The van der Waals surface area contributed by atoms with Gasteiger partial charge in [-0.1, -0.05) is 25.1 Å². The third kappa shape index (κ3) is 3.32. The van der Waals surface area contributed by atoms with Crippen LogP contribution >= 0.6 is 0 Å². The van der Waals surface area contributed by atoms with E-state index in [4.69, 9.17) is 0 Å². The van der Waals surface area contributed by atoms with Crippen molar-refractivity contribution in [2.75, 3.05) is 6.54 Å². The second-order valence-electron chi connectivity index (χ2n) is 7.84. The fourth-order valence-electron chi connectivity index (χ4n) is 3.34. The van der Waals surface area contributed by atoms with E-state index in [0.29, 0.717) is 17.7 Å². The molecule has 2 fully saturated rings. The van der Waals surface area contributed by atoms with Crippen molar-refractivity contribution in [2.45, 2.75) is 52.0 Å². The van der Waals surface area contributed by atoms with Gasteiger partial charge in [-0.3, -0.25) is 4.79 Å². The number of hydrogen-bond acceptors (Lipinski definition) is 3. The van der Waals surface area contributed by atoms with Crippen LogP contribution in [0, 0.1) is 11.8 Å². The zero-order valence-electron chi connectivity index (χ0n) is 15.2. The first-order chi connectivity index (χ1) is 12.0. The highest BCUT2D eigenvalue weighted by Gasteiger charge is 2.38. The van der Waals surface area contributed by atoms with E-state index in [1.807, 2.05) is 39.9 Å². The number of benzene rings is 1. The summed E-state index contributed by atoms with van der Waals surface area (Å²) < 4.78 is 1.86. The number of para-hydroxylation sites is 1. The normalized spacial score (nSPS) is 22.2. The monoisotopic (exact) mass is 338 g/mol. The van der Waals surface area contributed by atoms with E-state index >= 15 is 0 Å². The summed E-state index contributed by atoms with van der Waals surface area (Å²) in [5.74, 6) is 3.03. The van der Waals surface area contributed by atoms with Gasteiger partial charge < -0.3 is 4.90 Å². The molecule has 2 atom stereocenters. The molecule has 0 N–H and O–H groups in total. The molecule has 0 aliphatic heterocycles. The molecule has 2 saturated carbocycles. The largest absolute Gasteiger partial charge is 0.333 e. The van der Waals surface area contributed by atoms with Gasteiger partial charge in [0.25, 0.3) is 5.91 Å². The van der Waals surface area contributed by atoms with Gasteiger partial charge in [-0.05, 0) is 57.1 Å². The lowest BCUT2D eigenvalue weighted by Gasteiger charge is -2.25. The quantitative estimate of drug-likeness (QED) is 0.808. The highest BCUT2D eigenvalue weighted by atomic mass is 16.2. The van der Waals surface area contributed by atoms with Gasteiger partial charge >= 0.3 is 0 Å². The van der Waals surface area contributed by atoms with Gasteiger partial charge in [-0.25, -0.2) is 9.67 Å². The average molecular weight is 338 g/mol. The lowest BCUT2D eigenvalue weighted by molar-refractivity contribution is 0.0681. The Morgan fingerprint density at radius 2 is 1.96 bits per heavy atom. The topological polar surface area (TPSA) is 51.0 Å². The minimum Gasteiger partial charge on any atom is -0.333 e. The minimum absolute atomic E-state index is 0.0364. The maximum atomic E-state index is 13.1. The Morgan fingerprint density at radius 1 is 1.28 bits per heavy atom. The molecule has 0 saturated heterocycles. The van der Waals surface area contributed by atoms with E-state index in [1.54, 1.807) is 0 Å². The first-order valence-corrected chi connectivity index (χ1v) is 9.38. The summed E-state index contributed by atoms with van der Waals surface area (Å²) in [7, 11) is 0. The summed E-state index contributed by atoms with van der Waals surface area (Å²) in [6.45, 7) is 7.21. The third-order valence-electron chi connectivity index (χ3n) is 5.36. The van der Waals surface area contributed by atoms with Gasteiger partial charge in [0, 0.05) is 18.5 Å². The molecule has 132 valence electrons. The van der Waals surface area contributed by atoms with Gasteiger partial charge in [0.15, 0.2) is 0 Å². The fraction of sp³-hybridized carbons (Fsp3) is 0.550. The van der Waals surface area contributed by atoms with E-state index in [0.717, 1.165) is 36.8 Å². The average Bonchev–Trinajstić information content (AvgIpc) is 3.52. The van der Waals surface area contributed by atoms with Gasteiger partial charge in [-0.2, -0.15) is 0 Å². The van der Waals surface area contributed by atoms with Crippen LogP contribution in [0.2, 0.25) is 0 Å². The Labute approximate surface area is 149 Å². The molecule has 4 rings (SSSR count). The van der Waals surface area contributed by atoms with Crippen molar-refractivity contribution in [3.8, 4) is 5.69 Å². The molecule has 1 amide bonds. The summed E-state index contributed by atoms with van der Waals surface area (Å²) in [5, 5.41) is 4.61. The number of nitrogens with zero attached hydrogens (tertiary/aromatic N) is 4. The molecule has 25 heavy (non-hydrogen) atoms. The van der Waals surface area contributed by atoms with Gasteiger partial charge in [-0.15, -0.1) is 5.10 Å². The molecule has 5 nitrogen and oxygen atoms in total. The van der Waals surface area contributed by atoms with Crippen molar-refractivity contribution in [3.63, 3.8) is 0 Å². The van der Waals surface area contributed by atoms with E-state index in [1.165, 1.54) is 6.42 Å². The van der Waals surface area contributed by atoms with E-state index in [2.05, 4.69) is 30.9 Å². The van der Waals surface area contributed by atoms with E-state index in [-0.39, 0.29) is 11.9 Å². The molecule has 0 unspecified atom stereocenters. The van der Waals surface area contributed by atoms with E-state index < -0.39 is 0 Å². The van der Waals surface area contributed by atoms with Crippen LogP contribution < -0.4 is 0 Å². The number of carbonyl (C=O) groups is 1. The molecular formula is C20H26N4O. The van der Waals surface area contributed by atoms with Crippen LogP contribution in [0.3, 0.4) is 0 Å². The molecule has 2 aliphatic carbocycles. The number of aromatic nitrogens is 3. The van der Waals surface area contributed by atoms with Crippen molar-refractivity contribution in [1.82, 2.24) is 19.7 Å². The lowest BCUT2D eigenvalue weighted by Crippen LogP contribution is -2.39. The molecule has 1 heterocycles. The summed E-state index contributed by atoms with van der Waals surface area (Å²) in [5.41, 5.74) is 0.975. The zero-order chi connectivity index (χ0) is 17.6. The van der Waals surface area contributed by atoms with Crippen LogP contribution in [-0.2, 0) is 0 Å². The Morgan fingerprint density at radius 3 is 2.52 bits per heavy atom. The van der Waals surface area contributed by atoms with Crippen molar-refractivity contribution in [1.29, 1.82) is 0 Å². The second kappa shape index (κ2) is 6.28. The SMILES string of the molecule is CC(C)N(C[C@H]1C[C@H]1C)C(=O)c1nc(C2CC2)n(-c2ccccc2)n1. The molecule has 0 spiro atoms. The summed E-state index contributed by atoms with van der Waals surface area (Å²) >= 11 is 0. The minimum atomic E-state index is -0.0364. The zero-order valence-corrected chi connectivity index (χ0v) is 15.2. The molecule has 1 aromatic heterocycles. The first kappa shape index (κ1) is 16.3. The number of carbonyl (C=O) groups excluding carboxylic acids is 1. The molecule has 2 aliphatic rings. The van der Waals surface area contributed by atoms with Crippen molar-refractivity contribution in [3.05, 3.63) is 42.0 Å². The molecule has 2 aromatic rings. The van der Waals surface area contributed by atoms with Crippen LogP contribution in [0.15, 0.2) is 30.3 Å². The summed E-state index contributed by atoms with van der Waals surface area (Å²) in [4.78, 5) is 19.7. The highest BCUT2D eigenvalue weighted by molar-refractivity contribution is 5.90. The maximum Gasteiger partial charge on any atom is 0.293 e. The molecular weight excluding hydrogens is 312 g/mol. The van der Waals surface area contributed by atoms with Crippen LogP contribution in [0.4, 0.5) is 0 Å². The third-order valence-corrected chi connectivity index (χ3v) is 5.36. The van der Waals surface area contributed by atoms with Crippen molar-refractivity contribution < 1.29 is 4.79 Å². The van der Waals surface area contributed by atoms with Gasteiger partial charge in [0.2, 0.25) is 5.82 Å². The van der Waals surface area contributed by atoms with Crippen LogP contribution in [-0.4, -0.2) is 38.2 Å². The molecule has 0 bridgehead atoms. The maximum absolute atomic E-state index is 13.1. The number of amides is 1. The Hall–Kier alpha value is -2.17. The predicted octanol–water partition coefficient (Wildman–Crippen LogP) is 3.65. The molecule has 0 radical (unpaired) electrons. The molecule has 1 aromatic carbocycles. The summed E-state index contributed by atoms with van der Waals surface area (Å²) in [6.07, 6.45) is 3.48. The number of hydrogen-bond donors (Lipinski definition) is 0. The predicted molar refractivity (Wildman–Crippen MR) is 96.8 cm³/mol. The van der Waals surface area contributed by atoms with Crippen LogP contribution in [0.1, 0.15) is 62.4 Å². The smallest absolute Gasteiger partial charge is 0.293 e.